The van der Waals surface area contributed by atoms with E-state index in [9.17, 15) is 0 Å². The highest BCUT2D eigenvalue weighted by molar-refractivity contribution is 6.34. The van der Waals surface area contributed by atoms with Crippen LogP contribution in [0.25, 0.3) is 128 Å². The van der Waals surface area contributed by atoms with E-state index in [0.29, 0.717) is 5.92 Å². The minimum absolute atomic E-state index is 0.189. The van der Waals surface area contributed by atoms with Gasteiger partial charge in [-0.2, -0.15) is 0 Å². The van der Waals surface area contributed by atoms with Gasteiger partial charge in [0.15, 0.2) is 0 Å². The molecule has 0 heterocycles. The Labute approximate surface area is 379 Å². The Morgan fingerprint density at radius 2 is 1.29 bits per heavy atom. The largest absolute Gasteiger partial charge is 0.0794 e. The van der Waals surface area contributed by atoms with E-state index in [-0.39, 0.29) is 29.6 Å². The Morgan fingerprint density at radius 1 is 0.424 bits per heavy atom. The van der Waals surface area contributed by atoms with Crippen LogP contribution in [0.3, 0.4) is 0 Å². The Balaban J connectivity index is 1.04. The van der Waals surface area contributed by atoms with E-state index in [4.69, 9.17) is 0 Å². The maximum atomic E-state index is 2.72. The summed E-state index contributed by atoms with van der Waals surface area (Å²) in [4.78, 5) is 0. The third-order valence-corrected chi connectivity index (χ3v) is 18.2. The topological polar surface area (TPSA) is 0 Å². The van der Waals surface area contributed by atoms with E-state index < -0.39 is 0 Å². The summed E-state index contributed by atoms with van der Waals surface area (Å²) >= 11 is 0. The van der Waals surface area contributed by atoms with E-state index in [0.717, 1.165) is 0 Å². The SMILES string of the molecule is C1=CC2C=C3c4c5cc6ccc7cc8cccc9c8c8c(cc4c6c78)C4C9=Cc6ccc7c8c(cc9c(cccc97)-c7ccc9ccc%10c(c9c7)=C1C1=C2C(C=CC1C=%10)C3C=C5)C=CC4c68. The monoisotopic (exact) mass is 828 g/mol. The fourth-order valence-electron chi connectivity index (χ4n) is 15.8. The van der Waals surface area contributed by atoms with Crippen LogP contribution < -0.4 is 10.4 Å². The fourth-order valence-corrected chi connectivity index (χ4v) is 15.8. The summed E-state index contributed by atoms with van der Waals surface area (Å²) in [7, 11) is 0. The van der Waals surface area contributed by atoms with Crippen LogP contribution in [0.5, 0.6) is 0 Å². The molecule has 0 amide bonds. The van der Waals surface area contributed by atoms with E-state index >= 15 is 0 Å². The number of benzene rings is 10. The summed E-state index contributed by atoms with van der Waals surface area (Å²) < 4.78 is 0. The van der Waals surface area contributed by atoms with Crippen LogP contribution in [0, 0.1) is 23.7 Å². The second kappa shape index (κ2) is 10.7. The predicted octanol–water partition coefficient (Wildman–Crippen LogP) is 14.9. The molecule has 0 fully saturated rings. The number of fused-ring (bicyclic) bond motifs is 4. The summed E-state index contributed by atoms with van der Waals surface area (Å²) in [5.74, 6) is 1.51. The first-order valence-electron chi connectivity index (χ1n) is 24.1. The molecule has 18 bridgehead atoms. The van der Waals surface area contributed by atoms with Gasteiger partial charge in [-0.25, -0.2) is 0 Å². The van der Waals surface area contributed by atoms with Crippen LogP contribution in [-0.4, -0.2) is 0 Å². The zero-order chi connectivity index (χ0) is 42.0. The van der Waals surface area contributed by atoms with Crippen LogP contribution in [-0.2, 0) is 0 Å². The smallest absolute Gasteiger partial charge is 0.0214 e. The van der Waals surface area contributed by atoms with Gasteiger partial charge >= 0.3 is 0 Å². The van der Waals surface area contributed by atoms with Crippen molar-refractivity contribution in [1.29, 1.82) is 0 Å². The van der Waals surface area contributed by atoms with Crippen molar-refractivity contribution in [2.45, 2.75) is 11.8 Å². The highest BCUT2D eigenvalue weighted by Gasteiger charge is 2.44. The van der Waals surface area contributed by atoms with Crippen molar-refractivity contribution in [1.82, 2.24) is 0 Å². The van der Waals surface area contributed by atoms with Crippen molar-refractivity contribution in [2.24, 2.45) is 23.7 Å². The number of allylic oxidation sites excluding steroid dienone is 11. The molecular formula is C66H36. The van der Waals surface area contributed by atoms with Gasteiger partial charge < -0.3 is 0 Å². The van der Waals surface area contributed by atoms with Gasteiger partial charge in [-0.15, -0.1) is 0 Å². The first kappa shape index (κ1) is 32.8. The minimum atomic E-state index is 0.189. The van der Waals surface area contributed by atoms with Crippen molar-refractivity contribution in [3.05, 3.63) is 218 Å². The second-order valence-corrected chi connectivity index (χ2v) is 20.8. The van der Waals surface area contributed by atoms with Gasteiger partial charge in [0.2, 0.25) is 0 Å². The average Bonchev–Trinajstić information content (AvgIpc) is 3.36. The van der Waals surface area contributed by atoms with Gasteiger partial charge in [-0.1, -0.05) is 152 Å². The first-order chi connectivity index (χ1) is 32.7. The molecule has 9 aliphatic rings. The highest BCUT2D eigenvalue weighted by Crippen LogP contribution is 2.62. The molecule has 0 radical (unpaired) electrons. The summed E-state index contributed by atoms with van der Waals surface area (Å²) in [6, 6.07) is 46.1. The standard InChI is InChI=1S/C66H36/c1-3-33-23-38-12-11-36-25-35-13-18-44-47-19-14-37-24-34-10-8-31-7-9-32-26-50(31)56(34)48-21-16-40(59(47)61(37)48)28-52(44)57(35)54-30-55-65-49-22-17-39-27-51-42(32)4-2-5-43(51)46-20-15-41(62(49)58(39)46)29-53(65)45(6-1)60(33)66(55)64(38)63(36)54/h1-30,37,40,44,47,49,65H. The second-order valence-electron chi connectivity index (χ2n) is 20.8. The molecular weight excluding hydrogens is 793 g/mol. The highest BCUT2D eigenvalue weighted by atomic mass is 14.5. The lowest BCUT2D eigenvalue weighted by atomic mass is 9.59. The Bertz CT molecular complexity index is 4580. The van der Waals surface area contributed by atoms with Crippen LogP contribution in [0.4, 0.5) is 0 Å². The van der Waals surface area contributed by atoms with Crippen LogP contribution in [0.2, 0.25) is 0 Å². The molecule has 66 heavy (non-hydrogen) atoms. The summed E-state index contributed by atoms with van der Waals surface area (Å²) in [5, 5.41) is 22.1. The molecule has 0 heteroatoms. The number of hydrogen-bond donors (Lipinski definition) is 0. The Kier molecular flexibility index (Phi) is 5.30. The Morgan fingerprint density at radius 3 is 2.27 bits per heavy atom. The summed E-state index contributed by atoms with van der Waals surface area (Å²) in [6.45, 7) is 0. The quantitative estimate of drug-likeness (QED) is 0.0811. The molecule has 300 valence electrons. The van der Waals surface area contributed by atoms with Crippen LogP contribution in [0.15, 0.2) is 169 Å². The van der Waals surface area contributed by atoms with E-state index in [2.05, 4.69) is 182 Å². The molecule has 9 aliphatic carbocycles. The van der Waals surface area contributed by atoms with Crippen LogP contribution in [0.1, 0.15) is 50.8 Å². The summed E-state index contributed by atoms with van der Waals surface area (Å²) in [5.41, 5.74) is 20.1. The molecule has 0 spiro atoms. The van der Waals surface area contributed by atoms with Crippen molar-refractivity contribution >= 4 is 116 Å². The maximum Gasteiger partial charge on any atom is 0.0214 e. The molecule has 0 aromatic heterocycles. The maximum absolute atomic E-state index is 2.72. The molecule has 0 N–H and O–H groups in total. The molecule has 0 saturated heterocycles. The molecule has 19 rings (SSSR count). The van der Waals surface area contributed by atoms with E-state index in [1.165, 1.54) is 153 Å². The van der Waals surface area contributed by atoms with Crippen LogP contribution >= 0.6 is 0 Å². The average molecular weight is 829 g/mol. The van der Waals surface area contributed by atoms with Crippen molar-refractivity contribution in [3.63, 3.8) is 0 Å². The van der Waals surface area contributed by atoms with Crippen molar-refractivity contribution in [2.75, 3.05) is 0 Å². The van der Waals surface area contributed by atoms with Gasteiger partial charge in [0.05, 0.1) is 0 Å². The van der Waals surface area contributed by atoms with Crippen molar-refractivity contribution < 1.29 is 0 Å². The number of rotatable bonds is 0. The van der Waals surface area contributed by atoms with Crippen molar-refractivity contribution in [3.8, 4) is 11.1 Å². The predicted molar refractivity (Wildman–Crippen MR) is 278 cm³/mol. The summed E-state index contributed by atoms with van der Waals surface area (Å²) in [6.07, 6.45) is 28.2. The lowest BCUT2D eigenvalue weighted by Gasteiger charge is -2.44. The first-order valence-corrected chi connectivity index (χ1v) is 24.1. The molecule has 0 aliphatic heterocycles. The van der Waals surface area contributed by atoms with Gasteiger partial charge in [0.25, 0.3) is 0 Å². The third-order valence-electron chi connectivity index (χ3n) is 18.2. The van der Waals surface area contributed by atoms with E-state index in [1.54, 1.807) is 11.1 Å². The Hall–Kier alpha value is -7.80. The zero-order valence-corrected chi connectivity index (χ0v) is 35.8. The van der Waals surface area contributed by atoms with E-state index in [1.807, 2.05) is 0 Å². The van der Waals surface area contributed by atoms with Gasteiger partial charge in [0, 0.05) is 35.5 Å². The lowest BCUT2D eigenvalue weighted by molar-refractivity contribution is 0.563. The molecule has 6 atom stereocenters. The van der Waals surface area contributed by atoms with Gasteiger partial charge in [0.1, 0.15) is 0 Å². The lowest BCUT2D eigenvalue weighted by Crippen LogP contribution is -2.38. The molecule has 10 aromatic rings. The molecule has 0 nitrogen and oxygen atoms in total. The third kappa shape index (κ3) is 3.53. The number of hydrogen-bond acceptors (Lipinski definition) is 0. The minimum Gasteiger partial charge on any atom is -0.0794 e. The molecule has 0 saturated carbocycles. The fraction of sp³-hybridized carbons (Fsp3) is 0.0909. The van der Waals surface area contributed by atoms with Gasteiger partial charge in [-0.3, -0.25) is 0 Å². The van der Waals surface area contributed by atoms with Gasteiger partial charge in [-0.05, 0) is 194 Å². The zero-order valence-electron chi connectivity index (χ0n) is 35.8. The normalized spacial score (nSPS) is 24.3. The molecule has 10 aromatic carbocycles. The molecule has 6 unspecified atom stereocenters.